The van der Waals surface area contributed by atoms with Gasteiger partial charge in [-0.05, 0) is 6.42 Å². The van der Waals surface area contributed by atoms with Crippen molar-refractivity contribution in [2.75, 3.05) is 26.8 Å². The molecule has 0 aromatic heterocycles. The quantitative estimate of drug-likeness (QED) is 0.490. The molecule has 0 radical (unpaired) electrons. The lowest BCUT2D eigenvalue weighted by Gasteiger charge is -2.16. The van der Waals surface area contributed by atoms with Crippen molar-refractivity contribution in [1.29, 1.82) is 0 Å². The van der Waals surface area contributed by atoms with E-state index < -0.39 is 11.8 Å². The summed E-state index contributed by atoms with van der Waals surface area (Å²) >= 11 is 0. The Kier molecular flexibility index (Phi) is 8.46. The first-order valence-electron chi connectivity index (χ1n) is 5.43. The van der Waals surface area contributed by atoms with Crippen molar-refractivity contribution in [1.82, 2.24) is 10.6 Å². The Labute approximate surface area is 95.9 Å². The maximum absolute atomic E-state index is 11.4. The SMILES string of the molecule is CCCC(COC)NC(=O)C(=O)NCCN. The summed E-state index contributed by atoms with van der Waals surface area (Å²) in [6, 6.07) is -0.119. The fourth-order valence-corrected chi connectivity index (χ4v) is 1.26. The number of nitrogens with two attached hydrogens (primary N) is 1. The third-order valence-corrected chi connectivity index (χ3v) is 1.98. The largest absolute Gasteiger partial charge is 0.383 e. The summed E-state index contributed by atoms with van der Waals surface area (Å²) in [5.74, 6) is -1.29. The van der Waals surface area contributed by atoms with Crippen molar-refractivity contribution in [3.8, 4) is 0 Å². The van der Waals surface area contributed by atoms with Gasteiger partial charge in [-0.3, -0.25) is 9.59 Å². The monoisotopic (exact) mass is 231 g/mol. The molecule has 6 heteroatoms. The Hall–Kier alpha value is -1.14. The first kappa shape index (κ1) is 14.9. The topological polar surface area (TPSA) is 93.4 Å². The van der Waals surface area contributed by atoms with Gasteiger partial charge < -0.3 is 21.1 Å². The molecule has 0 rings (SSSR count). The van der Waals surface area contributed by atoms with Crippen LogP contribution in [0.5, 0.6) is 0 Å². The second kappa shape index (κ2) is 9.11. The number of ether oxygens (including phenoxy) is 1. The highest BCUT2D eigenvalue weighted by molar-refractivity contribution is 6.35. The minimum absolute atomic E-state index is 0.119. The molecule has 0 spiro atoms. The first-order chi connectivity index (χ1) is 7.65. The van der Waals surface area contributed by atoms with E-state index in [-0.39, 0.29) is 6.04 Å². The van der Waals surface area contributed by atoms with E-state index in [1.54, 1.807) is 7.11 Å². The maximum atomic E-state index is 11.4. The Balaban J connectivity index is 4.01. The molecule has 1 atom stereocenters. The molecule has 0 bridgehead atoms. The van der Waals surface area contributed by atoms with E-state index in [4.69, 9.17) is 10.5 Å². The summed E-state index contributed by atoms with van der Waals surface area (Å²) in [5, 5.41) is 5.02. The van der Waals surface area contributed by atoms with Crippen LogP contribution in [-0.4, -0.2) is 44.7 Å². The Bertz CT molecular complexity index is 215. The van der Waals surface area contributed by atoms with Gasteiger partial charge in [0.25, 0.3) is 0 Å². The van der Waals surface area contributed by atoms with Crippen molar-refractivity contribution in [3.05, 3.63) is 0 Å². The molecule has 2 amide bonds. The van der Waals surface area contributed by atoms with Gasteiger partial charge in [0.15, 0.2) is 0 Å². The van der Waals surface area contributed by atoms with Crippen molar-refractivity contribution >= 4 is 11.8 Å². The van der Waals surface area contributed by atoms with E-state index in [0.29, 0.717) is 19.7 Å². The fraction of sp³-hybridized carbons (Fsp3) is 0.800. The third-order valence-electron chi connectivity index (χ3n) is 1.98. The molecule has 0 aliphatic carbocycles. The van der Waals surface area contributed by atoms with Gasteiger partial charge in [-0.2, -0.15) is 0 Å². The lowest BCUT2D eigenvalue weighted by atomic mass is 10.2. The molecule has 1 unspecified atom stereocenters. The van der Waals surface area contributed by atoms with Crippen LogP contribution >= 0.6 is 0 Å². The smallest absolute Gasteiger partial charge is 0.309 e. The zero-order valence-electron chi connectivity index (χ0n) is 9.91. The van der Waals surface area contributed by atoms with Crippen LogP contribution < -0.4 is 16.4 Å². The Morgan fingerprint density at radius 2 is 2.06 bits per heavy atom. The number of rotatable bonds is 7. The van der Waals surface area contributed by atoms with Crippen LogP contribution in [-0.2, 0) is 14.3 Å². The van der Waals surface area contributed by atoms with Gasteiger partial charge in [0.1, 0.15) is 0 Å². The Morgan fingerprint density at radius 1 is 1.38 bits per heavy atom. The summed E-state index contributed by atoms with van der Waals surface area (Å²) in [6.07, 6.45) is 1.70. The van der Waals surface area contributed by atoms with Gasteiger partial charge in [0.05, 0.1) is 12.6 Å². The molecule has 0 aliphatic heterocycles. The van der Waals surface area contributed by atoms with Crippen LogP contribution in [0, 0.1) is 0 Å². The molecular weight excluding hydrogens is 210 g/mol. The zero-order valence-corrected chi connectivity index (χ0v) is 9.91. The molecule has 0 saturated carbocycles. The summed E-state index contributed by atoms with van der Waals surface area (Å²) in [5.41, 5.74) is 5.21. The molecule has 94 valence electrons. The van der Waals surface area contributed by atoms with Gasteiger partial charge in [-0.15, -0.1) is 0 Å². The van der Waals surface area contributed by atoms with E-state index in [9.17, 15) is 9.59 Å². The van der Waals surface area contributed by atoms with E-state index in [1.807, 2.05) is 6.92 Å². The molecule has 6 nitrogen and oxygen atoms in total. The highest BCUT2D eigenvalue weighted by atomic mass is 16.5. The number of amides is 2. The van der Waals surface area contributed by atoms with Gasteiger partial charge in [-0.1, -0.05) is 13.3 Å². The van der Waals surface area contributed by atoms with Crippen LogP contribution in [0.25, 0.3) is 0 Å². The molecule has 0 aliphatic rings. The number of carbonyl (C=O) groups is 2. The van der Waals surface area contributed by atoms with Gasteiger partial charge in [0.2, 0.25) is 0 Å². The Morgan fingerprint density at radius 3 is 2.56 bits per heavy atom. The lowest BCUT2D eigenvalue weighted by molar-refractivity contribution is -0.139. The number of carbonyl (C=O) groups excluding carboxylic acids is 2. The fourth-order valence-electron chi connectivity index (χ4n) is 1.26. The zero-order chi connectivity index (χ0) is 12.4. The molecule has 0 saturated heterocycles. The highest BCUT2D eigenvalue weighted by Crippen LogP contribution is 1.96. The van der Waals surface area contributed by atoms with Crippen molar-refractivity contribution < 1.29 is 14.3 Å². The summed E-state index contributed by atoms with van der Waals surface area (Å²) in [6.45, 7) is 3.03. The number of hydrogen-bond donors (Lipinski definition) is 3. The lowest BCUT2D eigenvalue weighted by Crippen LogP contribution is -2.47. The second-order valence-electron chi connectivity index (χ2n) is 3.46. The van der Waals surface area contributed by atoms with Crippen LogP contribution in [0.1, 0.15) is 19.8 Å². The maximum Gasteiger partial charge on any atom is 0.309 e. The van der Waals surface area contributed by atoms with E-state index in [1.165, 1.54) is 0 Å². The molecule has 0 heterocycles. The van der Waals surface area contributed by atoms with Crippen molar-refractivity contribution in [3.63, 3.8) is 0 Å². The minimum atomic E-state index is -0.650. The molecule has 0 fully saturated rings. The summed E-state index contributed by atoms with van der Waals surface area (Å²) in [7, 11) is 1.56. The van der Waals surface area contributed by atoms with Crippen LogP contribution in [0.2, 0.25) is 0 Å². The number of methoxy groups -OCH3 is 1. The number of nitrogens with one attached hydrogen (secondary N) is 2. The summed E-state index contributed by atoms with van der Waals surface area (Å²) < 4.78 is 4.95. The molecular formula is C10H21N3O3. The second-order valence-corrected chi connectivity index (χ2v) is 3.46. The third kappa shape index (κ3) is 6.36. The molecule has 16 heavy (non-hydrogen) atoms. The van der Waals surface area contributed by atoms with E-state index >= 15 is 0 Å². The molecule has 0 aromatic carbocycles. The normalized spacial score (nSPS) is 11.9. The van der Waals surface area contributed by atoms with E-state index in [0.717, 1.165) is 12.8 Å². The molecule has 0 aromatic rings. The number of hydrogen-bond acceptors (Lipinski definition) is 4. The van der Waals surface area contributed by atoms with Gasteiger partial charge in [-0.25, -0.2) is 0 Å². The minimum Gasteiger partial charge on any atom is -0.383 e. The predicted molar refractivity (Wildman–Crippen MR) is 60.8 cm³/mol. The first-order valence-corrected chi connectivity index (χ1v) is 5.43. The summed E-state index contributed by atoms with van der Waals surface area (Å²) in [4.78, 5) is 22.6. The average Bonchev–Trinajstić information content (AvgIpc) is 2.26. The van der Waals surface area contributed by atoms with Crippen LogP contribution in [0.3, 0.4) is 0 Å². The van der Waals surface area contributed by atoms with Crippen molar-refractivity contribution in [2.24, 2.45) is 5.73 Å². The van der Waals surface area contributed by atoms with E-state index in [2.05, 4.69) is 10.6 Å². The molecule has 4 N–H and O–H groups in total. The highest BCUT2D eigenvalue weighted by Gasteiger charge is 2.17. The predicted octanol–water partition coefficient (Wildman–Crippen LogP) is -1.01. The average molecular weight is 231 g/mol. The van der Waals surface area contributed by atoms with Gasteiger partial charge in [0, 0.05) is 20.2 Å². The van der Waals surface area contributed by atoms with Crippen LogP contribution in [0.4, 0.5) is 0 Å². The van der Waals surface area contributed by atoms with Crippen LogP contribution in [0.15, 0.2) is 0 Å². The van der Waals surface area contributed by atoms with Crippen molar-refractivity contribution in [2.45, 2.75) is 25.8 Å². The van der Waals surface area contributed by atoms with Gasteiger partial charge >= 0.3 is 11.8 Å². The standard InChI is InChI=1S/C10H21N3O3/c1-3-4-8(7-16-2)13-10(15)9(14)12-6-5-11/h8H,3-7,11H2,1-2H3,(H,12,14)(H,13,15).